The lowest BCUT2D eigenvalue weighted by molar-refractivity contribution is -0.128. The number of carbonyl (C=O) groups is 1. The molecule has 156 valence electrons. The molecule has 0 radical (unpaired) electrons. The van der Waals surface area contributed by atoms with Gasteiger partial charge < -0.3 is 14.8 Å². The fourth-order valence-electron chi connectivity index (χ4n) is 3.12. The van der Waals surface area contributed by atoms with E-state index < -0.39 is 16.1 Å². The Morgan fingerprint density at radius 1 is 1.28 bits per heavy atom. The summed E-state index contributed by atoms with van der Waals surface area (Å²) < 4.78 is 37.3. The molecule has 0 unspecified atom stereocenters. The van der Waals surface area contributed by atoms with Gasteiger partial charge in [-0.1, -0.05) is 24.3 Å². The van der Waals surface area contributed by atoms with Crippen molar-refractivity contribution >= 4 is 21.6 Å². The molecule has 1 amide bonds. The average molecular weight is 419 g/mol. The molecule has 7 nitrogen and oxygen atoms in total. The van der Waals surface area contributed by atoms with Crippen molar-refractivity contribution in [1.29, 1.82) is 0 Å². The molecule has 0 saturated heterocycles. The number of fused-ring (bicyclic) bond motifs is 1. The number of hydrogen-bond acceptors (Lipinski definition) is 5. The third kappa shape index (κ3) is 5.00. The SMILES string of the molecule is Cc1ccc2c(c1)N(S(C)(=O)=O)C[C@H](C(=O)N[C@H](C)COc1ccccc1C)O2. The number of para-hydroxylation sites is 1. The number of carbonyl (C=O) groups excluding carboxylic acids is 1. The van der Waals surface area contributed by atoms with Gasteiger partial charge in [0.2, 0.25) is 10.0 Å². The average Bonchev–Trinajstić information content (AvgIpc) is 2.65. The molecule has 1 N–H and O–H groups in total. The Labute approximate surface area is 171 Å². The first kappa shape index (κ1) is 21.0. The molecule has 0 saturated carbocycles. The zero-order valence-corrected chi connectivity index (χ0v) is 17.8. The van der Waals surface area contributed by atoms with Crippen LogP contribution in [0.2, 0.25) is 0 Å². The van der Waals surface area contributed by atoms with E-state index in [2.05, 4.69) is 5.32 Å². The molecule has 0 aromatic heterocycles. The van der Waals surface area contributed by atoms with Gasteiger partial charge in [0.25, 0.3) is 5.91 Å². The number of nitrogens with one attached hydrogen (secondary N) is 1. The number of benzene rings is 2. The molecule has 8 heteroatoms. The molecule has 2 atom stereocenters. The molecule has 0 fully saturated rings. The topological polar surface area (TPSA) is 84.9 Å². The standard InChI is InChI=1S/C21H26N2O5S/c1-14-9-10-19-17(11-14)23(29(4,25)26)12-20(28-19)21(24)22-16(3)13-27-18-8-6-5-7-15(18)2/h5-11,16,20H,12-13H2,1-4H3,(H,22,24)/t16-,20-/m1/s1. The molecular formula is C21H26N2O5S. The number of hydrogen-bond donors (Lipinski definition) is 1. The van der Waals surface area contributed by atoms with Crippen molar-refractivity contribution in [2.24, 2.45) is 0 Å². The van der Waals surface area contributed by atoms with Crippen molar-refractivity contribution in [2.75, 3.05) is 23.7 Å². The Bertz CT molecular complexity index is 1010. The number of nitrogens with zero attached hydrogens (tertiary/aromatic N) is 1. The first-order valence-electron chi connectivity index (χ1n) is 9.39. The van der Waals surface area contributed by atoms with E-state index in [9.17, 15) is 13.2 Å². The van der Waals surface area contributed by atoms with Gasteiger partial charge in [-0.25, -0.2) is 8.42 Å². The first-order chi connectivity index (χ1) is 13.6. The molecule has 29 heavy (non-hydrogen) atoms. The van der Waals surface area contributed by atoms with E-state index >= 15 is 0 Å². The third-order valence-corrected chi connectivity index (χ3v) is 5.79. The van der Waals surface area contributed by atoms with E-state index in [-0.39, 0.29) is 25.1 Å². The van der Waals surface area contributed by atoms with Gasteiger partial charge in [0.1, 0.15) is 18.1 Å². The van der Waals surface area contributed by atoms with Crippen LogP contribution in [0, 0.1) is 13.8 Å². The van der Waals surface area contributed by atoms with E-state index in [4.69, 9.17) is 9.47 Å². The number of anilines is 1. The van der Waals surface area contributed by atoms with E-state index in [0.29, 0.717) is 11.4 Å². The highest BCUT2D eigenvalue weighted by Crippen LogP contribution is 2.35. The summed E-state index contributed by atoms with van der Waals surface area (Å²) in [6.45, 7) is 5.86. The Balaban J connectivity index is 1.68. The lowest BCUT2D eigenvalue weighted by Gasteiger charge is -2.34. The van der Waals surface area contributed by atoms with Crippen molar-refractivity contribution in [3.05, 3.63) is 53.6 Å². The molecule has 0 aliphatic carbocycles. The van der Waals surface area contributed by atoms with Gasteiger partial charge >= 0.3 is 0 Å². The zero-order chi connectivity index (χ0) is 21.2. The van der Waals surface area contributed by atoms with Crippen LogP contribution in [0.25, 0.3) is 0 Å². The van der Waals surface area contributed by atoms with Gasteiger partial charge in [0.05, 0.1) is 24.5 Å². The maximum Gasteiger partial charge on any atom is 0.263 e. The number of rotatable bonds is 6. The van der Waals surface area contributed by atoms with Crippen molar-refractivity contribution in [3.63, 3.8) is 0 Å². The lowest BCUT2D eigenvalue weighted by atomic mass is 10.1. The highest BCUT2D eigenvalue weighted by Gasteiger charge is 2.35. The van der Waals surface area contributed by atoms with Gasteiger partial charge in [0, 0.05) is 0 Å². The van der Waals surface area contributed by atoms with Crippen LogP contribution in [0.3, 0.4) is 0 Å². The van der Waals surface area contributed by atoms with Crippen LogP contribution in [0.1, 0.15) is 18.1 Å². The molecule has 0 bridgehead atoms. The van der Waals surface area contributed by atoms with Crippen LogP contribution < -0.4 is 19.1 Å². The quantitative estimate of drug-likeness (QED) is 0.779. The maximum atomic E-state index is 12.7. The van der Waals surface area contributed by atoms with Crippen LogP contribution in [-0.2, 0) is 14.8 Å². The van der Waals surface area contributed by atoms with Crippen molar-refractivity contribution < 1.29 is 22.7 Å². The lowest BCUT2D eigenvalue weighted by Crippen LogP contribution is -2.52. The second-order valence-electron chi connectivity index (χ2n) is 7.36. The summed E-state index contributed by atoms with van der Waals surface area (Å²) in [6.07, 6.45) is 0.179. The molecular weight excluding hydrogens is 392 g/mol. The smallest absolute Gasteiger partial charge is 0.263 e. The van der Waals surface area contributed by atoms with E-state index in [1.54, 1.807) is 12.1 Å². The number of aryl methyl sites for hydroxylation is 2. The minimum atomic E-state index is -3.55. The van der Waals surface area contributed by atoms with Crippen LogP contribution in [0.4, 0.5) is 5.69 Å². The fraction of sp³-hybridized carbons (Fsp3) is 0.381. The summed E-state index contributed by atoms with van der Waals surface area (Å²) in [4.78, 5) is 12.7. The van der Waals surface area contributed by atoms with Gasteiger partial charge in [-0.3, -0.25) is 9.10 Å². The van der Waals surface area contributed by atoms with Crippen molar-refractivity contribution in [3.8, 4) is 11.5 Å². The first-order valence-corrected chi connectivity index (χ1v) is 11.2. The van der Waals surface area contributed by atoms with E-state index in [1.165, 1.54) is 4.31 Å². The minimum absolute atomic E-state index is 0.0769. The predicted molar refractivity (Wildman–Crippen MR) is 112 cm³/mol. The minimum Gasteiger partial charge on any atom is -0.491 e. The maximum absolute atomic E-state index is 12.7. The summed E-state index contributed by atoms with van der Waals surface area (Å²) in [7, 11) is -3.55. The van der Waals surface area contributed by atoms with Gasteiger partial charge in [-0.15, -0.1) is 0 Å². The summed E-state index contributed by atoms with van der Waals surface area (Å²) in [5.41, 5.74) is 2.37. The van der Waals surface area contributed by atoms with Crippen LogP contribution in [-0.4, -0.2) is 45.9 Å². The highest BCUT2D eigenvalue weighted by molar-refractivity contribution is 7.92. The van der Waals surface area contributed by atoms with Gasteiger partial charge in [-0.05, 0) is 50.1 Å². The Morgan fingerprint density at radius 2 is 2.00 bits per heavy atom. The van der Waals surface area contributed by atoms with Gasteiger partial charge in [-0.2, -0.15) is 0 Å². The Morgan fingerprint density at radius 3 is 2.69 bits per heavy atom. The number of ether oxygens (including phenoxy) is 2. The van der Waals surface area contributed by atoms with Crippen LogP contribution >= 0.6 is 0 Å². The monoisotopic (exact) mass is 418 g/mol. The highest BCUT2D eigenvalue weighted by atomic mass is 32.2. The molecule has 1 aliphatic heterocycles. The van der Waals surface area contributed by atoms with Crippen LogP contribution in [0.5, 0.6) is 11.5 Å². The summed E-state index contributed by atoms with van der Waals surface area (Å²) in [6, 6.07) is 12.6. The molecule has 2 aromatic rings. The molecule has 3 rings (SSSR count). The van der Waals surface area contributed by atoms with Crippen LogP contribution in [0.15, 0.2) is 42.5 Å². The summed E-state index contributed by atoms with van der Waals surface area (Å²) in [5.74, 6) is 0.747. The van der Waals surface area contributed by atoms with E-state index in [1.807, 2.05) is 51.1 Å². The fourth-order valence-corrected chi connectivity index (χ4v) is 4.03. The number of sulfonamides is 1. The normalized spacial score (nSPS) is 17.1. The molecule has 1 heterocycles. The largest absolute Gasteiger partial charge is 0.491 e. The zero-order valence-electron chi connectivity index (χ0n) is 17.0. The Kier molecular flexibility index (Phi) is 6.02. The summed E-state index contributed by atoms with van der Waals surface area (Å²) in [5, 5.41) is 2.84. The van der Waals surface area contributed by atoms with Crippen molar-refractivity contribution in [2.45, 2.75) is 32.9 Å². The molecule has 0 spiro atoms. The third-order valence-electron chi connectivity index (χ3n) is 4.65. The van der Waals surface area contributed by atoms with Crippen molar-refractivity contribution in [1.82, 2.24) is 5.32 Å². The molecule has 2 aromatic carbocycles. The second kappa shape index (κ2) is 8.32. The Hall–Kier alpha value is -2.74. The molecule has 1 aliphatic rings. The van der Waals surface area contributed by atoms with E-state index in [0.717, 1.165) is 23.1 Å². The predicted octanol–water partition coefficient (Wildman–Crippen LogP) is 2.41. The number of amides is 1. The summed E-state index contributed by atoms with van der Waals surface area (Å²) >= 11 is 0. The second-order valence-corrected chi connectivity index (χ2v) is 9.26. The van der Waals surface area contributed by atoms with Gasteiger partial charge in [0.15, 0.2) is 6.10 Å².